The van der Waals surface area contributed by atoms with Crippen LogP contribution >= 0.6 is 11.3 Å². The van der Waals surface area contributed by atoms with Crippen molar-refractivity contribution in [2.24, 2.45) is 0 Å². The summed E-state index contributed by atoms with van der Waals surface area (Å²) in [5.74, 6) is 0.749. The van der Waals surface area contributed by atoms with Gasteiger partial charge in [-0.2, -0.15) is 11.3 Å². The highest BCUT2D eigenvalue weighted by molar-refractivity contribution is 7.08. The monoisotopic (exact) mass is 364 g/mol. The number of hydrogen-bond donors (Lipinski definition) is 0. The second-order valence-corrected chi connectivity index (χ2v) is 7.15. The molecule has 1 amide bonds. The summed E-state index contributed by atoms with van der Waals surface area (Å²) in [6.07, 6.45) is 3.51. The third-order valence-electron chi connectivity index (χ3n) is 4.64. The molecule has 5 heteroatoms. The van der Waals surface area contributed by atoms with E-state index in [4.69, 9.17) is 4.74 Å². The summed E-state index contributed by atoms with van der Waals surface area (Å²) in [4.78, 5) is 18.9. The highest BCUT2D eigenvalue weighted by Gasteiger charge is 2.24. The van der Waals surface area contributed by atoms with Crippen molar-refractivity contribution in [1.82, 2.24) is 9.88 Å². The first-order valence-electron chi connectivity index (χ1n) is 8.79. The van der Waals surface area contributed by atoms with Gasteiger partial charge >= 0.3 is 0 Å². The molecule has 3 aromatic rings. The molecule has 0 atom stereocenters. The SMILES string of the molecule is O=C(c1ccc(-c2ccsc2)cc1)N1CCC(Oc2ccccn2)CC1. The van der Waals surface area contributed by atoms with Crippen LogP contribution in [0.15, 0.2) is 65.5 Å². The van der Waals surface area contributed by atoms with Gasteiger partial charge in [-0.1, -0.05) is 18.2 Å². The van der Waals surface area contributed by atoms with Gasteiger partial charge in [-0.3, -0.25) is 4.79 Å². The van der Waals surface area contributed by atoms with E-state index >= 15 is 0 Å². The molecule has 1 saturated heterocycles. The van der Waals surface area contributed by atoms with Crippen LogP contribution in [0.2, 0.25) is 0 Å². The van der Waals surface area contributed by atoms with Gasteiger partial charge in [-0.15, -0.1) is 0 Å². The molecule has 4 rings (SSSR count). The van der Waals surface area contributed by atoms with E-state index < -0.39 is 0 Å². The number of pyridine rings is 1. The molecule has 0 spiro atoms. The van der Waals surface area contributed by atoms with Crippen LogP contribution in [0.4, 0.5) is 0 Å². The lowest BCUT2D eigenvalue weighted by Crippen LogP contribution is -2.41. The Labute approximate surface area is 157 Å². The molecule has 1 aromatic carbocycles. The highest BCUT2D eigenvalue weighted by Crippen LogP contribution is 2.23. The van der Waals surface area contributed by atoms with Gasteiger partial charge in [-0.25, -0.2) is 4.98 Å². The smallest absolute Gasteiger partial charge is 0.253 e. The maximum absolute atomic E-state index is 12.7. The van der Waals surface area contributed by atoms with Gasteiger partial charge in [0.2, 0.25) is 5.88 Å². The number of aromatic nitrogens is 1. The molecule has 0 aliphatic carbocycles. The fraction of sp³-hybridized carbons (Fsp3) is 0.238. The van der Waals surface area contributed by atoms with Crippen molar-refractivity contribution < 1.29 is 9.53 Å². The molecule has 1 aliphatic rings. The highest BCUT2D eigenvalue weighted by atomic mass is 32.1. The Morgan fingerprint density at radius 3 is 2.50 bits per heavy atom. The number of hydrogen-bond acceptors (Lipinski definition) is 4. The number of thiophene rings is 1. The molecule has 0 radical (unpaired) electrons. The summed E-state index contributed by atoms with van der Waals surface area (Å²) in [5.41, 5.74) is 3.08. The van der Waals surface area contributed by atoms with E-state index in [1.54, 1.807) is 17.5 Å². The van der Waals surface area contributed by atoms with Gasteiger partial charge in [0.15, 0.2) is 0 Å². The maximum atomic E-state index is 12.7. The molecule has 3 heterocycles. The molecule has 0 bridgehead atoms. The lowest BCUT2D eigenvalue weighted by atomic mass is 10.0. The Morgan fingerprint density at radius 1 is 1.04 bits per heavy atom. The lowest BCUT2D eigenvalue weighted by molar-refractivity contribution is 0.0588. The fourth-order valence-corrected chi connectivity index (χ4v) is 3.85. The Morgan fingerprint density at radius 2 is 1.85 bits per heavy atom. The second kappa shape index (κ2) is 7.70. The molecule has 0 unspecified atom stereocenters. The molecule has 1 fully saturated rings. The minimum atomic E-state index is 0.0955. The predicted octanol–water partition coefficient (Wildman–Crippen LogP) is 4.49. The van der Waals surface area contributed by atoms with Gasteiger partial charge in [0.1, 0.15) is 6.10 Å². The number of carbonyl (C=O) groups excluding carboxylic acids is 1. The topological polar surface area (TPSA) is 42.4 Å². The molecule has 26 heavy (non-hydrogen) atoms. The summed E-state index contributed by atoms with van der Waals surface area (Å²) in [7, 11) is 0. The Hall–Kier alpha value is -2.66. The molecule has 132 valence electrons. The van der Waals surface area contributed by atoms with Crippen molar-refractivity contribution in [3.8, 4) is 17.0 Å². The first kappa shape index (κ1) is 16.8. The molecule has 4 nitrogen and oxygen atoms in total. The number of amides is 1. The fourth-order valence-electron chi connectivity index (χ4n) is 3.18. The van der Waals surface area contributed by atoms with Crippen LogP contribution < -0.4 is 4.74 Å². The van der Waals surface area contributed by atoms with E-state index in [1.807, 2.05) is 47.4 Å². The van der Waals surface area contributed by atoms with Crippen LogP contribution in [0.1, 0.15) is 23.2 Å². The summed E-state index contributed by atoms with van der Waals surface area (Å²) in [5, 5.41) is 4.18. The molecular weight excluding hydrogens is 344 g/mol. The van der Waals surface area contributed by atoms with Gasteiger partial charge in [-0.05, 0) is 46.2 Å². The molecular formula is C21H20N2O2S. The third kappa shape index (κ3) is 3.78. The van der Waals surface area contributed by atoms with Gasteiger partial charge in [0, 0.05) is 43.8 Å². The van der Waals surface area contributed by atoms with E-state index in [9.17, 15) is 4.79 Å². The molecule has 1 aliphatic heterocycles. The van der Waals surface area contributed by atoms with E-state index in [0.29, 0.717) is 19.0 Å². The van der Waals surface area contributed by atoms with Crippen molar-refractivity contribution in [3.05, 3.63) is 71.1 Å². The third-order valence-corrected chi connectivity index (χ3v) is 5.32. The zero-order valence-corrected chi connectivity index (χ0v) is 15.2. The second-order valence-electron chi connectivity index (χ2n) is 6.37. The van der Waals surface area contributed by atoms with E-state index in [0.717, 1.165) is 24.0 Å². The quantitative estimate of drug-likeness (QED) is 0.685. The van der Waals surface area contributed by atoms with Crippen LogP contribution in [-0.4, -0.2) is 35.0 Å². The van der Waals surface area contributed by atoms with E-state index in [2.05, 4.69) is 21.8 Å². The van der Waals surface area contributed by atoms with E-state index in [-0.39, 0.29) is 12.0 Å². The summed E-state index contributed by atoms with van der Waals surface area (Å²) < 4.78 is 5.90. The lowest BCUT2D eigenvalue weighted by Gasteiger charge is -2.32. The van der Waals surface area contributed by atoms with Crippen molar-refractivity contribution >= 4 is 17.2 Å². The summed E-state index contributed by atoms with van der Waals surface area (Å²) >= 11 is 1.68. The predicted molar refractivity (Wildman–Crippen MR) is 104 cm³/mol. The van der Waals surface area contributed by atoms with Crippen molar-refractivity contribution in [1.29, 1.82) is 0 Å². The summed E-state index contributed by atoms with van der Waals surface area (Å²) in [6, 6.07) is 15.6. The Kier molecular flexibility index (Phi) is 4.97. The normalized spacial score (nSPS) is 15.0. The van der Waals surface area contributed by atoms with Crippen LogP contribution in [0.25, 0.3) is 11.1 Å². The van der Waals surface area contributed by atoms with Gasteiger partial charge in [0.25, 0.3) is 5.91 Å². The average molecular weight is 364 g/mol. The maximum Gasteiger partial charge on any atom is 0.253 e. The average Bonchev–Trinajstić information content (AvgIpc) is 3.24. The zero-order chi connectivity index (χ0) is 17.8. The minimum absolute atomic E-state index is 0.0955. The number of nitrogens with zero attached hydrogens (tertiary/aromatic N) is 2. The first-order chi connectivity index (χ1) is 12.8. The first-order valence-corrected chi connectivity index (χ1v) is 9.73. The van der Waals surface area contributed by atoms with Crippen LogP contribution in [-0.2, 0) is 0 Å². The number of benzene rings is 1. The Bertz CT molecular complexity index is 839. The molecule has 0 saturated carbocycles. The Balaban J connectivity index is 1.34. The van der Waals surface area contributed by atoms with Gasteiger partial charge < -0.3 is 9.64 Å². The number of rotatable bonds is 4. The minimum Gasteiger partial charge on any atom is -0.474 e. The van der Waals surface area contributed by atoms with Crippen LogP contribution in [0.3, 0.4) is 0 Å². The van der Waals surface area contributed by atoms with Crippen LogP contribution in [0, 0.1) is 0 Å². The standard InChI is InChI=1S/C21H20N2O2S/c24-21(17-6-4-16(5-7-17)18-10-14-26-15-18)23-12-8-19(9-13-23)25-20-3-1-2-11-22-20/h1-7,10-11,14-15,19H,8-9,12-13H2. The largest absolute Gasteiger partial charge is 0.474 e. The van der Waals surface area contributed by atoms with Crippen LogP contribution in [0.5, 0.6) is 5.88 Å². The van der Waals surface area contributed by atoms with Crippen molar-refractivity contribution in [2.75, 3.05) is 13.1 Å². The number of carbonyl (C=O) groups is 1. The van der Waals surface area contributed by atoms with Crippen molar-refractivity contribution in [2.45, 2.75) is 18.9 Å². The number of piperidine rings is 1. The molecule has 2 aromatic heterocycles. The summed E-state index contributed by atoms with van der Waals surface area (Å²) in [6.45, 7) is 1.42. The zero-order valence-electron chi connectivity index (χ0n) is 14.4. The number of ether oxygens (including phenoxy) is 1. The number of likely N-dealkylation sites (tertiary alicyclic amines) is 1. The van der Waals surface area contributed by atoms with Gasteiger partial charge in [0.05, 0.1) is 0 Å². The van der Waals surface area contributed by atoms with E-state index in [1.165, 1.54) is 5.56 Å². The van der Waals surface area contributed by atoms with Crippen molar-refractivity contribution in [3.63, 3.8) is 0 Å². The molecule has 0 N–H and O–H groups in total.